The molecule has 6 N–H and O–H groups in total. The van der Waals surface area contributed by atoms with Crippen molar-refractivity contribution in [3.8, 4) is 0 Å². The van der Waals surface area contributed by atoms with Gasteiger partial charge in [0.2, 0.25) is 5.91 Å². The number of unbranched alkanes of at least 4 members (excludes halogenated alkanes) is 29. The Morgan fingerprint density at radius 1 is 0.398 bits per heavy atom. The molecular weight excluding hydrogens is 1090 g/mol. The second-order valence-electron chi connectivity index (χ2n) is 24.3. The lowest BCUT2D eigenvalue weighted by atomic mass is 9.99. The van der Waals surface area contributed by atoms with Crippen LogP contribution in [0, 0.1) is 0 Å². The van der Waals surface area contributed by atoms with Gasteiger partial charge >= 0.3 is 0 Å². The molecule has 0 aromatic heterocycles. The molecule has 1 rings (SSSR count). The second kappa shape index (κ2) is 66.0. The highest BCUT2D eigenvalue weighted by Crippen LogP contribution is 2.23. The largest absolute Gasteiger partial charge is 0.394 e. The number of amides is 1. The van der Waals surface area contributed by atoms with Crippen molar-refractivity contribution in [3.05, 3.63) is 146 Å². The first-order chi connectivity index (χ1) is 43.3. The van der Waals surface area contributed by atoms with E-state index in [0.717, 1.165) is 122 Å². The molecule has 1 heterocycles. The predicted octanol–water partition coefficient (Wildman–Crippen LogP) is 20.1. The number of aliphatic hydroxyl groups excluding tert-OH is 5. The zero-order chi connectivity index (χ0) is 63.5. The van der Waals surface area contributed by atoms with Crippen LogP contribution in [0.4, 0.5) is 0 Å². The van der Waals surface area contributed by atoms with Gasteiger partial charge in [-0.1, -0.05) is 314 Å². The van der Waals surface area contributed by atoms with E-state index in [1.165, 1.54) is 148 Å². The smallest absolute Gasteiger partial charge is 0.220 e. The molecule has 1 saturated heterocycles. The van der Waals surface area contributed by atoms with Crippen LogP contribution in [-0.2, 0) is 14.3 Å². The Kier molecular flexibility index (Phi) is 61.6. The molecule has 7 atom stereocenters. The molecule has 9 nitrogen and oxygen atoms in total. The molecule has 0 radical (unpaired) electrons. The maximum Gasteiger partial charge on any atom is 0.220 e. The molecule has 9 heteroatoms. The van der Waals surface area contributed by atoms with Crippen LogP contribution in [0.15, 0.2) is 146 Å². The van der Waals surface area contributed by atoms with E-state index in [9.17, 15) is 30.3 Å². The standard InChI is InChI=1S/C79H133NO8/c1-3-5-7-9-11-13-15-17-19-21-23-25-27-29-31-32-33-34-35-36-37-38-39-40-41-42-43-45-47-49-51-53-55-57-59-61-63-65-67-69-75(83)80-72(71-87-79-78(86)77(85)76(84)74(70-81)88-79)73(82)68-66-64-62-60-58-56-54-52-50-48-46-44-30-28-26-24-22-20-18-16-14-12-10-8-6-4-2/h5,7,11,13,17,19,23,25,29,31,33-34,36-37,39-40,42-43,50,52,58,60,66,68,72-74,76-79,81-82,84-86H,3-4,6,8-10,12,14-16,18,20-22,24,26-28,30,32,35,38,41,44-49,51,53-57,59,61-65,67,69-71H2,1-2H3,(H,80,83)/b7-5-,13-11-,19-17-,25-23-,31-29-,34-33-,37-36-,40-39-,43-42-,52-50+,60-58+,68-66+. The lowest BCUT2D eigenvalue weighted by Gasteiger charge is -2.40. The van der Waals surface area contributed by atoms with Gasteiger partial charge in [-0.15, -0.1) is 0 Å². The van der Waals surface area contributed by atoms with Crippen molar-refractivity contribution in [1.82, 2.24) is 5.32 Å². The second-order valence-corrected chi connectivity index (χ2v) is 24.3. The molecule has 0 aromatic carbocycles. The molecule has 1 fully saturated rings. The first-order valence-corrected chi connectivity index (χ1v) is 36.1. The van der Waals surface area contributed by atoms with E-state index >= 15 is 0 Å². The van der Waals surface area contributed by atoms with Gasteiger partial charge in [0.05, 0.1) is 25.4 Å². The maximum atomic E-state index is 13.1. The summed E-state index contributed by atoms with van der Waals surface area (Å²) < 4.78 is 11.3. The van der Waals surface area contributed by atoms with Gasteiger partial charge in [-0.2, -0.15) is 0 Å². The monoisotopic (exact) mass is 1220 g/mol. The SMILES string of the molecule is CC/C=C\C/C=C\C/C=C\C/C=C\C/C=C\C/C=C\C/C=C\C/C=C\C/C=C\CCCCCCCCCCCCCC(=O)NC(COC1OC(CO)C(O)C(O)C1O)C(O)/C=C/CC/C=C/CC/C=C/CCCCCCCCCCCCCCCCCC. The third-order valence-electron chi connectivity index (χ3n) is 16.1. The minimum atomic E-state index is -1.58. The lowest BCUT2D eigenvalue weighted by Crippen LogP contribution is -2.60. The number of ether oxygens (including phenoxy) is 2. The molecule has 88 heavy (non-hydrogen) atoms. The van der Waals surface area contributed by atoms with Gasteiger partial charge in [-0.3, -0.25) is 4.79 Å². The first-order valence-electron chi connectivity index (χ1n) is 36.1. The van der Waals surface area contributed by atoms with Crippen LogP contribution in [0.1, 0.15) is 290 Å². The highest BCUT2D eigenvalue weighted by atomic mass is 16.7. The summed E-state index contributed by atoms with van der Waals surface area (Å²) in [6, 6.07) is -0.841. The van der Waals surface area contributed by atoms with Crippen LogP contribution < -0.4 is 5.32 Å². The van der Waals surface area contributed by atoms with Crippen molar-refractivity contribution in [2.75, 3.05) is 13.2 Å². The van der Waals surface area contributed by atoms with Gasteiger partial charge < -0.3 is 40.3 Å². The minimum absolute atomic E-state index is 0.198. The summed E-state index contributed by atoms with van der Waals surface area (Å²) in [5.41, 5.74) is 0. The molecule has 7 unspecified atom stereocenters. The highest BCUT2D eigenvalue weighted by molar-refractivity contribution is 5.76. The molecule has 1 aliphatic heterocycles. The Hall–Kier alpha value is -3.93. The van der Waals surface area contributed by atoms with Crippen molar-refractivity contribution < 1.29 is 39.8 Å². The zero-order valence-electron chi connectivity index (χ0n) is 56.2. The fourth-order valence-corrected chi connectivity index (χ4v) is 10.5. The Balaban J connectivity index is 2.17. The van der Waals surface area contributed by atoms with Crippen molar-refractivity contribution in [3.63, 3.8) is 0 Å². The van der Waals surface area contributed by atoms with Crippen LogP contribution in [0.2, 0.25) is 0 Å². The van der Waals surface area contributed by atoms with Gasteiger partial charge in [0, 0.05) is 6.42 Å². The highest BCUT2D eigenvalue weighted by Gasteiger charge is 2.44. The first kappa shape index (κ1) is 82.1. The van der Waals surface area contributed by atoms with Crippen LogP contribution in [0.25, 0.3) is 0 Å². The topological polar surface area (TPSA) is 149 Å². The lowest BCUT2D eigenvalue weighted by molar-refractivity contribution is -0.302. The van der Waals surface area contributed by atoms with Crippen molar-refractivity contribution in [1.29, 1.82) is 0 Å². The van der Waals surface area contributed by atoms with E-state index in [2.05, 4.69) is 153 Å². The number of hydrogen-bond donors (Lipinski definition) is 6. The summed E-state index contributed by atoms with van der Waals surface area (Å²) in [4.78, 5) is 13.1. The van der Waals surface area contributed by atoms with E-state index in [1.807, 2.05) is 6.08 Å². The van der Waals surface area contributed by atoms with E-state index in [4.69, 9.17) is 9.47 Å². The van der Waals surface area contributed by atoms with Gasteiger partial charge in [-0.25, -0.2) is 0 Å². The molecule has 0 aliphatic carbocycles. The number of rotatable bonds is 61. The number of nitrogens with one attached hydrogen (secondary N) is 1. The molecule has 1 aliphatic rings. The van der Waals surface area contributed by atoms with Crippen molar-refractivity contribution >= 4 is 5.91 Å². The van der Waals surface area contributed by atoms with Crippen LogP contribution >= 0.6 is 0 Å². The van der Waals surface area contributed by atoms with Crippen molar-refractivity contribution in [2.24, 2.45) is 0 Å². The fraction of sp³-hybridized carbons (Fsp3) is 0.684. The minimum Gasteiger partial charge on any atom is -0.394 e. The molecule has 0 aromatic rings. The van der Waals surface area contributed by atoms with E-state index in [0.29, 0.717) is 6.42 Å². The molecule has 1 amide bonds. The normalized spacial score (nSPS) is 18.8. The molecule has 0 saturated carbocycles. The fourth-order valence-electron chi connectivity index (χ4n) is 10.5. The molecule has 0 spiro atoms. The summed E-state index contributed by atoms with van der Waals surface area (Å²) >= 11 is 0. The molecular formula is C79H133NO8. The van der Waals surface area contributed by atoms with E-state index in [-0.39, 0.29) is 12.5 Å². The number of allylic oxidation sites excluding steroid dienone is 23. The van der Waals surface area contributed by atoms with Crippen LogP contribution in [0.5, 0.6) is 0 Å². The number of carbonyl (C=O) groups excluding carboxylic acids is 1. The Bertz CT molecular complexity index is 1900. The summed E-state index contributed by atoms with van der Waals surface area (Å²) in [6.45, 7) is 3.66. The quantitative estimate of drug-likeness (QED) is 0.0261. The summed E-state index contributed by atoms with van der Waals surface area (Å²) in [5.74, 6) is -0.198. The summed E-state index contributed by atoms with van der Waals surface area (Å²) in [7, 11) is 0. The predicted molar refractivity (Wildman–Crippen MR) is 377 cm³/mol. The van der Waals surface area contributed by atoms with Crippen LogP contribution in [0.3, 0.4) is 0 Å². The average Bonchev–Trinajstić information content (AvgIpc) is 3.65. The van der Waals surface area contributed by atoms with E-state index in [1.54, 1.807) is 6.08 Å². The third kappa shape index (κ3) is 53.9. The maximum absolute atomic E-state index is 13.1. The molecule has 502 valence electrons. The van der Waals surface area contributed by atoms with Gasteiger partial charge in [0.15, 0.2) is 6.29 Å². The van der Waals surface area contributed by atoms with Crippen LogP contribution in [-0.4, -0.2) is 87.5 Å². The number of carbonyl (C=O) groups is 1. The summed E-state index contributed by atoms with van der Waals surface area (Å²) in [5, 5.41) is 54.7. The summed E-state index contributed by atoms with van der Waals surface area (Å²) in [6.07, 6.45) is 95.2. The van der Waals surface area contributed by atoms with Gasteiger partial charge in [0.25, 0.3) is 0 Å². The Morgan fingerprint density at radius 2 is 0.716 bits per heavy atom. The number of hydrogen-bond acceptors (Lipinski definition) is 8. The third-order valence-corrected chi connectivity index (χ3v) is 16.1. The Labute approximate surface area is 540 Å². The van der Waals surface area contributed by atoms with Crippen molar-refractivity contribution in [2.45, 2.75) is 333 Å². The van der Waals surface area contributed by atoms with Gasteiger partial charge in [-0.05, 0) is 116 Å². The van der Waals surface area contributed by atoms with E-state index < -0.39 is 49.5 Å². The zero-order valence-corrected chi connectivity index (χ0v) is 56.2. The Morgan fingerprint density at radius 3 is 1.09 bits per heavy atom. The van der Waals surface area contributed by atoms with Gasteiger partial charge in [0.1, 0.15) is 24.4 Å². The number of aliphatic hydroxyl groups is 5. The average molecular weight is 1220 g/mol. The molecule has 0 bridgehead atoms.